The molecule has 2 aromatic heterocycles. The molecule has 0 atom stereocenters. The summed E-state index contributed by atoms with van der Waals surface area (Å²) in [5.41, 5.74) is 3.94. The molecule has 0 saturated heterocycles. The smallest absolute Gasteiger partial charge is 0.319 e. The van der Waals surface area contributed by atoms with E-state index < -0.39 is 0 Å². The fourth-order valence-corrected chi connectivity index (χ4v) is 2.79. The van der Waals surface area contributed by atoms with Gasteiger partial charge in [0.1, 0.15) is 24.3 Å². The third kappa shape index (κ3) is 4.64. The Bertz CT molecular complexity index is 951. The van der Waals surface area contributed by atoms with Gasteiger partial charge in [0.15, 0.2) is 0 Å². The highest BCUT2D eigenvalue weighted by Gasteiger charge is 2.07. The van der Waals surface area contributed by atoms with E-state index >= 15 is 0 Å². The lowest BCUT2D eigenvalue weighted by atomic mass is 10.1. The van der Waals surface area contributed by atoms with Gasteiger partial charge in [0.05, 0.1) is 5.69 Å². The molecule has 0 saturated carbocycles. The summed E-state index contributed by atoms with van der Waals surface area (Å²) in [4.78, 5) is 24.9. The van der Waals surface area contributed by atoms with Crippen molar-refractivity contribution >= 4 is 17.5 Å². The highest BCUT2D eigenvalue weighted by atomic mass is 16.2. The molecule has 8 nitrogen and oxygen atoms in total. The van der Waals surface area contributed by atoms with E-state index in [1.807, 2.05) is 48.7 Å². The lowest BCUT2D eigenvalue weighted by Crippen LogP contribution is -2.33. The zero-order valence-corrected chi connectivity index (χ0v) is 16.4. The topological polar surface area (TPSA) is 96.8 Å². The molecular weight excluding hydrogens is 354 g/mol. The standard InChI is InChI=1S/C20H25N7O/c1-4-16-7-5-6-8-17(16)26-20(28)22-10-9-21-18-11-19(24-12-23-18)27-13-25-14(2)15(27)3/h5-8,11-13H,4,9-10H2,1-3H3,(H,21,23,24)(H2,22,26,28). The Kier molecular flexibility index (Phi) is 6.21. The number of carbonyl (C=O) groups is 1. The number of nitrogens with zero attached hydrogens (tertiary/aromatic N) is 4. The van der Waals surface area contributed by atoms with Crippen LogP contribution in [-0.4, -0.2) is 38.6 Å². The van der Waals surface area contributed by atoms with Crippen molar-refractivity contribution in [3.63, 3.8) is 0 Å². The number of aryl methyl sites for hydroxylation is 2. The maximum absolute atomic E-state index is 12.1. The molecular formula is C20H25N7O. The molecule has 146 valence electrons. The zero-order valence-electron chi connectivity index (χ0n) is 16.4. The minimum Gasteiger partial charge on any atom is -0.368 e. The first-order chi connectivity index (χ1) is 13.6. The largest absolute Gasteiger partial charge is 0.368 e. The summed E-state index contributed by atoms with van der Waals surface area (Å²) in [6.45, 7) is 7.02. The molecule has 3 rings (SSSR count). The van der Waals surface area contributed by atoms with E-state index in [1.54, 1.807) is 6.33 Å². The summed E-state index contributed by atoms with van der Waals surface area (Å²) in [5, 5.41) is 8.92. The first kappa shape index (κ1) is 19.3. The monoisotopic (exact) mass is 379 g/mol. The Morgan fingerprint density at radius 1 is 1.11 bits per heavy atom. The second-order valence-electron chi connectivity index (χ2n) is 6.37. The van der Waals surface area contributed by atoms with Crippen molar-refractivity contribution in [1.82, 2.24) is 24.8 Å². The number of carbonyl (C=O) groups excluding carboxylic acids is 1. The van der Waals surface area contributed by atoms with Crippen molar-refractivity contribution < 1.29 is 4.79 Å². The van der Waals surface area contributed by atoms with Gasteiger partial charge in [-0.25, -0.2) is 19.7 Å². The fraction of sp³-hybridized carbons (Fsp3) is 0.300. The van der Waals surface area contributed by atoms with E-state index in [0.29, 0.717) is 18.9 Å². The highest BCUT2D eigenvalue weighted by Crippen LogP contribution is 2.15. The van der Waals surface area contributed by atoms with Gasteiger partial charge in [-0.15, -0.1) is 0 Å². The van der Waals surface area contributed by atoms with Crippen LogP contribution in [0.3, 0.4) is 0 Å². The summed E-state index contributed by atoms with van der Waals surface area (Å²) < 4.78 is 1.92. The number of nitrogens with one attached hydrogen (secondary N) is 3. The lowest BCUT2D eigenvalue weighted by molar-refractivity contribution is 0.252. The predicted molar refractivity (Wildman–Crippen MR) is 110 cm³/mol. The van der Waals surface area contributed by atoms with E-state index in [1.165, 1.54) is 6.33 Å². The number of hydrogen-bond donors (Lipinski definition) is 3. The molecule has 3 aromatic rings. The molecule has 0 unspecified atom stereocenters. The van der Waals surface area contributed by atoms with Crippen molar-refractivity contribution in [2.75, 3.05) is 23.7 Å². The molecule has 0 aliphatic heterocycles. The molecule has 2 amide bonds. The lowest BCUT2D eigenvalue weighted by Gasteiger charge is -2.12. The zero-order chi connectivity index (χ0) is 19.9. The van der Waals surface area contributed by atoms with Crippen molar-refractivity contribution in [2.24, 2.45) is 0 Å². The first-order valence-electron chi connectivity index (χ1n) is 9.28. The van der Waals surface area contributed by atoms with Gasteiger partial charge >= 0.3 is 6.03 Å². The normalized spacial score (nSPS) is 10.5. The molecule has 0 aliphatic rings. The average molecular weight is 379 g/mol. The highest BCUT2D eigenvalue weighted by molar-refractivity contribution is 5.90. The number of para-hydroxylation sites is 1. The number of rotatable bonds is 7. The van der Waals surface area contributed by atoms with E-state index in [0.717, 1.165) is 34.9 Å². The Labute approximate surface area is 164 Å². The summed E-state index contributed by atoms with van der Waals surface area (Å²) >= 11 is 0. The van der Waals surface area contributed by atoms with Gasteiger partial charge in [0.25, 0.3) is 0 Å². The van der Waals surface area contributed by atoms with Crippen LogP contribution in [0, 0.1) is 13.8 Å². The van der Waals surface area contributed by atoms with Crippen molar-refractivity contribution in [3.05, 3.63) is 59.9 Å². The SMILES string of the molecule is CCc1ccccc1NC(=O)NCCNc1cc(-n2cnc(C)c2C)ncn1. The average Bonchev–Trinajstić information content (AvgIpc) is 3.04. The minimum atomic E-state index is -0.226. The first-order valence-corrected chi connectivity index (χ1v) is 9.28. The van der Waals surface area contributed by atoms with Crippen LogP contribution in [0.1, 0.15) is 23.9 Å². The van der Waals surface area contributed by atoms with Crippen LogP contribution in [0.5, 0.6) is 0 Å². The molecule has 0 fully saturated rings. The molecule has 28 heavy (non-hydrogen) atoms. The van der Waals surface area contributed by atoms with Crippen molar-refractivity contribution in [1.29, 1.82) is 0 Å². The quantitative estimate of drug-likeness (QED) is 0.548. The maximum atomic E-state index is 12.1. The van der Waals surface area contributed by atoms with Crippen LogP contribution in [0.4, 0.5) is 16.3 Å². The molecule has 8 heteroatoms. The Morgan fingerprint density at radius 3 is 2.68 bits per heavy atom. The van der Waals surface area contributed by atoms with Gasteiger partial charge in [-0.3, -0.25) is 4.57 Å². The van der Waals surface area contributed by atoms with Crippen LogP contribution in [0.2, 0.25) is 0 Å². The van der Waals surface area contributed by atoms with E-state index in [-0.39, 0.29) is 6.03 Å². The molecule has 3 N–H and O–H groups in total. The third-order valence-corrected chi connectivity index (χ3v) is 4.51. The van der Waals surface area contributed by atoms with Crippen LogP contribution in [-0.2, 0) is 6.42 Å². The summed E-state index contributed by atoms with van der Waals surface area (Å²) in [5.74, 6) is 1.44. The van der Waals surface area contributed by atoms with Crippen molar-refractivity contribution in [2.45, 2.75) is 27.2 Å². The number of urea groups is 1. The van der Waals surface area contributed by atoms with E-state index in [9.17, 15) is 4.79 Å². The van der Waals surface area contributed by atoms with E-state index in [4.69, 9.17) is 0 Å². The van der Waals surface area contributed by atoms with Gasteiger partial charge < -0.3 is 16.0 Å². The van der Waals surface area contributed by atoms with Crippen molar-refractivity contribution in [3.8, 4) is 5.82 Å². The summed E-state index contributed by atoms with van der Waals surface area (Å²) in [7, 11) is 0. The van der Waals surface area contributed by atoms with Gasteiger partial charge in [-0.05, 0) is 31.9 Å². The Morgan fingerprint density at radius 2 is 1.93 bits per heavy atom. The number of benzene rings is 1. The number of amides is 2. The molecule has 0 bridgehead atoms. The predicted octanol–water partition coefficient (Wildman–Crippen LogP) is 3.08. The second-order valence-corrected chi connectivity index (χ2v) is 6.37. The number of anilines is 2. The number of imidazole rings is 1. The van der Waals surface area contributed by atoms with E-state index in [2.05, 4.69) is 37.8 Å². The third-order valence-electron chi connectivity index (χ3n) is 4.51. The van der Waals surface area contributed by atoms with Gasteiger partial charge in [-0.2, -0.15) is 0 Å². The Hall–Kier alpha value is -3.42. The number of aromatic nitrogens is 4. The maximum Gasteiger partial charge on any atom is 0.319 e. The van der Waals surface area contributed by atoms with Gasteiger partial charge in [0, 0.05) is 30.5 Å². The molecule has 1 aromatic carbocycles. The van der Waals surface area contributed by atoms with Crippen LogP contribution < -0.4 is 16.0 Å². The molecule has 0 spiro atoms. The summed E-state index contributed by atoms with van der Waals surface area (Å²) in [6, 6.07) is 9.41. The second kappa shape index (κ2) is 8.98. The van der Waals surface area contributed by atoms with Gasteiger partial charge in [0.2, 0.25) is 0 Å². The van der Waals surface area contributed by atoms with Gasteiger partial charge in [-0.1, -0.05) is 25.1 Å². The Balaban J connectivity index is 1.49. The summed E-state index contributed by atoms with van der Waals surface area (Å²) in [6.07, 6.45) is 4.12. The number of hydrogen-bond acceptors (Lipinski definition) is 5. The van der Waals surface area contributed by atoms with Crippen LogP contribution >= 0.6 is 0 Å². The molecule has 2 heterocycles. The fourth-order valence-electron chi connectivity index (χ4n) is 2.79. The van der Waals surface area contributed by atoms with Crippen LogP contribution in [0.25, 0.3) is 5.82 Å². The minimum absolute atomic E-state index is 0.226. The van der Waals surface area contributed by atoms with Crippen LogP contribution in [0.15, 0.2) is 43.0 Å². The molecule has 0 radical (unpaired) electrons. The molecule has 0 aliphatic carbocycles.